The van der Waals surface area contributed by atoms with Gasteiger partial charge in [-0.2, -0.15) is 0 Å². The van der Waals surface area contributed by atoms with Crippen molar-refractivity contribution in [2.75, 3.05) is 19.8 Å². The highest BCUT2D eigenvalue weighted by molar-refractivity contribution is 6.06. The van der Waals surface area contributed by atoms with Gasteiger partial charge in [0.2, 0.25) is 0 Å². The number of halogens is 1. The summed E-state index contributed by atoms with van der Waals surface area (Å²) in [6.07, 6.45) is 1.93. The van der Waals surface area contributed by atoms with Crippen LogP contribution in [0.4, 0.5) is 9.18 Å². The predicted octanol–water partition coefficient (Wildman–Crippen LogP) is 4.69. The lowest BCUT2D eigenvalue weighted by Gasteiger charge is -2.17. The first-order valence-electron chi connectivity index (χ1n) is 12.0. The van der Waals surface area contributed by atoms with E-state index in [0.29, 0.717) is 25.9 Å². The van der Waals surface area contributed by atoms with Crippen molar-refractivity contribution in [3.05, 3.63) is 89.2 Å². The second kappa shape index (κ2) is 12.1. The van der Waals surface area contributed by atoms with E-state index < -0.39 is 29.8 Å². The topological polar surface area (TPSA) is 114 Å². The number of urea groups is 1. The Bertz CT molecular complexity index is 1250. The van der Waals surface area contributed by atoms with Crippen LogP contribution in [-0.4, -0.2) is 42.8 Å². The summed E-state index contributed by atoms with van der Waals surface area (Å²) >= 11 is 0. The summed E-state index contributed by atoms with van der Waals surface area (Å²) in [6.45, 7) is 0.182. The molecule has 3 aromatic carbocycles. The number of aliphatic carboxylic acids is 1. The first-order valence-corrected chi connectivity index (χ1v) is 12.0. The third kappa shape index (κ3) is 6.31. The van der Waals surface area contributed by atoms with Crippen molar-refractivity contribution in [1.82, 2.24) is 10.6 Å². The van der Waals surface area contributed by atoms with E-state index >= 15 is 0 Å². The van der Waals surface area contributed by atoms with Crippen LogP contribution in [0.15, 0.2) is 66.7 Å². The molecule has 0 unspecified atom stereocenters. The molecular weight excluding hydrogens is 479 g/mol. The Labute approximate surface area is 213 Å². The van der Waals surface area contributed by atoms with Crippen LogP contribution in [-0.2, 0) is 9.53 Å². The second-order valence-corrected chi connectivity index (χ2v) is 8.50. The molecule has 0 saturated heterocycles. The molecule has 0 aromatic heterocycles. The molecule has 0 radical (unpaired) electrons. The molecule has 0 aliphatic heterocycles. The van der Waals surface area contributed by atoms with E-state index in [0.717, 1.165) is 28.3 Å². The van der Waals surface area contributed by atoms with Crippen LogP contribution >= 0.6 is 0 Å². The van der Waals surface area contributed by atoms with Gasteiger partial charge in [-0.15, -0.1) is 0 Å². The van der Waals surface area contributed by atoms with Gasteiger partial charge in [-0.1, -0.05) is 54.6 Å². The third-order valence-electron chi connectivity index (χ3n) is 5.95. The molecule has 0 saturated carbocycles. The molecule has 0 spiro atoms. The molecule has 0 heterocycles. The maximum absolute atomic E-state index is 14.6. The van der Waals surface area contributed by atoms with Crippen LogP contribution in [0.5, 0.6) is 5.75 Å². The van der Waals surface area contributed by atoms with E-state index in [9.17, 15) is 18.8 Å². The van der Waals surface area contributed by atoms with Crippen molar-refractivity contribution >= 4 is 17.9 Å². The molecule has 192 valence electrons. The number of rotatable bonds is 11. The maximum atomic E-state index is 14.6. The molecule has 9 heteroatoms. The lowest BCUT2D eigenvalue weighted by Crippen LogP contribution is -2.41. The molecule has 1 aliphatic carbocycles. The van der Waals surface area contributed by atoms with Crippen molar-refractivity contribution in [2.24, 2.45) is 0 Å². The molecule has 3 aromatic rings. The van der Waals surface area contributed by atoms with Crippen LogP contribution in [0, 0.1) is 5.82 Å². The minimum Gasteiger partial charge on any atom is -0.493 e. The SMILES string of the molecule is O=C(O)COCCCCCOc1cccc(F)c1C(=O)NC(=O)NC1c2ccccc2-c2ccccc21. The Morgan fingerprint density at radius 3 is 2.16 bits per heavy atom. The van der Waals surface area contributed by atoms with Gasteiger partial charge in [-0.05, 0) is 53.6 Å². The molecule has 0 bridgehead atoms. The van der Waals surface area contributed by atoms with Crippen LogP contribution in [0.25, 0.3) is 11.1 Å². The van der Waals surface area contributed by atoms with E-state index in [1.807, 2.05) is 48.5 Å². The number of fused-ring (bicyclic) bond motifs is 3. The normalized spacial score (nSPS) is 11.9. The Kier molecular flexibility index (Phi) is 8.48. The van der Waals surface area contributed by atoms with E-state index in [-0.39, 0.29) is 24.5 Å². The van der Waals surface area contributed by atoms with E-state index in [2.05, 4.69) is 10.6 Å². The fourth-order valence-corrected chi connectivity index (χ4v) is 4.31. The number of hydrogen-bond donors (Lipinski definition) is 3. The number of unbranched alkanes of at least 4 members (excludes halogenated alkanes) is 2. The smallest absolute Gasteiger partial charge is 0.329 e. The first-order chi connectivity index (χ1) is 18.0. The number of benzene rings is 3. The first kappa shape index (κ1) is 25.8. The fraction of sp³-hybridized carbons (Fsp3) is 0.250. The zero-order chi connectivity index (χ0) is 26.2. The molecule has 3 N–H and O–H groups in total. The van der Waals surface area contributed by atoms with Crippen LogP contribution in [0.3, 0.4) is 0 Å². The summed E-state index contributed by atoms with van der Waals surface area (Å²) in [5.41, 5.74) is 3.49. The summed E-state index contributed by atoms with van der Waals surface area (Å²) in [5.74, 6) is -2.70. The second-order valence-electron chi connectivity index (χ2n) is 8.50. The fourth-order valence-electron chi connectivity index (χ4n) is 4.31. The van der Waals surface area contributed by atoms with Crippen molar-refractivity contribution in [2.45, 2.75) is 25.3 Å². The quantitative estimate of drug-likeness (QED) is 0.325. The van der Waals surface area contributed by atoms with Crippen molar-refractivity contribution in [3.63, 3.8) is 0 Å². The van der Waals surface area contributed by atoms with Gasteiger partial charge in [-0.25, -0.2) is 14.0 Å². The average Bonchev–Trinajstić information content (AvgIpc) is 3.19. The van der Waals surface area contributed by atoms with Gasteiger partial charge < -0.3 is 19.9 Å². The van der Waals surface area contributed by atoms with Crippen LogP contribution in [0.1, 0.15) is 46.8 Å². The molecular formula is C28H27FN2O6. The third-order valence-corrected chi connectivity index (χ3v) is 5.95. The number of carboxylic acid groups (broad SMARTS) is 1. The predicted molar refractivity (Wildman–Crippen MR) is 134 cm³/mol. The van der Waals surface area contributed by atoms with E-state index in [4.69, 9.17) is 14.6 Å². The maximum Gasteiger partial charge on any atom is 0.329 e. The molecule has 3 amide bonds. The number of carbonyl (C=O) groups is 3. The highest BCUT2D eigenvalue weighted by Crippen LogP contribution is 2.42. The monoisotopic (exact) mass is 506 g/mol. The van der Waals surface area contributed by atoms with Gasteiger partial charge in [0, 0.05) is 6.61 Å². The van der Waals surface area contributed by atoms with Crippen LogP contribution < -0.4 is 15.4 Å². The van der Waals surface area contributed by atoms with E-state index in [1.54, 1.807) is 0 Å². The summed E-state index contributed by atoms with van der Waals surface area (Å²) < 4.78 is 25.2. The summed E-state index contributed by atoms with van der Waals surface area (Å²) in [7, 11) is 0. The highest BCUT2D eigenvalue weighted by atomic mass is 19.1. The molecule has 4 rings (SSSR count). The molecule has 8 nitrogen and oxygen atoms in total. The molecule has 0 fully saturated rings. The zero-order valence-corrected chi connectivity index (χ0v) is 20.0. The summed E-state index contributed by atoms with van der Waals surface area (Å²) in [5, 5.41) is 13.6. The van der Waals surface area contributed by atoms with Gasteiger partial charge in [0.15, 0.2) is 0 Å². The number of hydrogen-bond acceptors (Lipinski definition) is 5. The largest absolute Gasteiger partial charge is 0.493 e. The average molecular weight is 507 g/mol. The number of ether oxygens (including phenoxy) is 2. The van der Waals surface area contributed by atoms with Gasteiger partial charge in [0.1, 0.15) is 23.7 Å². The molecule has 0 atom stereocenters. The van der Waals surface area contributed by atoms with Gasteiger partial charge in [-0.3, -0.25) is 10.1 Å². The van der Waals surface area contributed by atoms with Crippen molar-refractivity contribution in [1.29, 1.82) is 0 Å². The van der Waals surface area contributed by atoms with Gasteiger partial charge >= 0.3 is 12.0 Å². The van der Waals surface area contributed by atoms with Gasteiger partial charge in [0.25, 0.3) is 5.91 Å². The van der Waals surface area contributed by atoms with Crippen LogP contribution in [0.2, 0.25) is 0 Å². The lowest BCUT2D eigenvalue weighted by molar-refractivity contribution is -0.142. The summed E-state index contributed by atoms with van der Waals surface area (Å²) in [4.78, 5) is 36.1. The Balaban J connectivity index is 1.35. The Morgan fingerprint density at radius 2 is 1.49 bits per heavy atom. The summed E-state index contributed by atoms with van der Waals surface area (Å²) in [6, 6.07) is 18.2. The molecule has 1 aliphatic rings. The standard InChI is InChI=1S/C28H27FN2O6/c29-22-13-8-14-23(37-16-7-1-6-15-36-17-24(32)33)25(22)27(34)31-28(35)30-26-20-11-4-2-9-18(20)19-10-3-5-12-21(19)26/h2-5,8-14,26H,1,6-7,15-17H2,(H,32,33)(H2,30,31,34,35). The minimum atomic E-state index is -1.02. The Hall–Kier alpha value is -4.24. The zero-order valence-electron chi connectivity index (χ0n) is 20.0. The lowest BCUT2D eigenvalue weighted by atomic mass is 10.1. The van der Waals surface area contributed by atoms with E-state index in [1.165, 1.54) is 12.1 Å². The minimum absolute atomic E-state index is 0.0315. The van der Waals surface area contributed by atoms with Gasteiger partial charge in [0.05, 0.1) is 12.6 Å². The Morgan fingerprint density at radius 1 is 0.838 bits per heavy atom. The van der Waals surface area contributed by atoms with Crippen molar-refractivity contribution in [3.8, 4) is 16.9 Å². The number of amides is 3. The molecule has 37 heavy (non-hydrogen) atoms. The number of imide groups is 1. The number of carboxylic acids is 1. The van der Waals surface area contributed by atoms with Crippen molar-refractivity contribution < 1.29 is 33.4 Å². The number of nitrogens with one attached hydrogen (secondary N) is 2. The number of carbonyl (C=O) groups excluding carboxylic acids is 2. The highest BCUT2D eigenvalue weighted by Gasteiger charge is 2.30.